The first-order chi connectivity index (χ1) is 6.25. The average Bonchev–Trinajstić information content (AvgIpc) is 2.53. The molecule has 0 amide bonds. The van der Waals surface area contributed by atoms with Gasteiger partial charge in [-0.1, -0.05) is 0 Å². The highest BCUT2D eigenvalue weighted by molar-refractivity contribution is 5.51. The van der Waals surface area contributed by atoms with Gasteiger partial charge in [0.1, 0.15) is 5.69 Å². The molecular weight excluding hydrogens is 174 g/mol. The molecule has 2 rings (SSSR count). The van der Waals surface area contributed by atoms with Crippen LogP contribution in [0.25, 0.3) is 11.5 Å². The van der Waals surface area contributed by atoms with Crippen LogP contribution >= 0.6 is 0 Å². The molecule has 66 valence electrons. The van der Waals surface area contributed by atoms with Gasteiger partial charge in [0, 0.05) is 6.07 Å². The van der Waals surface area contributed by atoms with E-state index in [9.17, 15) is 0 Å². The van der Waals surface area contributed by atoms with Crippen LogP contribution in [0.15, 0.2) is 23.1 Å². The first kappa shape index (κ1) is 7.53. The first-order valence-corrected chi connectivity index (χ1v) is 3.41. The lowest BCUT2D eigenvalue weighted by Gasteiger charge is -1.96. The second kappa shape index (κ2) is 2.74. The highest BCUT2D eigenvalue weighted by atomic mass is 16.3. The smallest absolute Gasteiger partial charge is 0.317 e. The van der Waals surface area contributed by atoms with Crippen LogP contribution in [-0.4, -0.2) is 25.2 Å². The van der Waals surface area contributed by atoms with E-state index in [1.165, 1.54) is 18.7 Å². The minimum atomic E-state index is -0.508. The summed E-state index contributed by atoms with van der Waals surface area (Å²) in [5, 5.41) is 18.0. The van der Waals surface area contributed by atoms with Gasteiger partial charge in [-0.25, -0.2) is 4.98 Å². The predicted octanol–water partition coefficient (Wildman–Crippen LogP) is 0.543. The van der Waals surface area contributed by atoms with E-state index >= 15 is 0 Å². The van der Waals surface area contributed by atoms with E-state index in [2.05, 4.69) is 15.0 Å². The largest absolute Gasteiger partial charge is 0.493 e. The molecule has 2 aromatic rings. The third-order valence-electron chi connectivity index (χ3n) is 1.39. The maximum atomic E-state index is 9.02. The maximum Gasteiger partial charge on any atom is 0.317 e. The van der Waals surface area contributed by atoms with E-state index in [0.717, 1.165) is 0 Å². The van der Waals surface area contributed by atoms with Gasteiger partial charge in [-0.2, -0.15) is 9.97 Å². The SMILES string of the molecule is Oc1cc(-c2cnco2)nc(O)n1. The Labute approximate surface area is 72.5 Å². The van der Waals surface area contributed by atoms with E-state index in [1.54, 1.807) is 0 Å². The van der Waals surface area contributed by atoms with Crippen LogP contribution in [0.5, 0.6) is 11.9 Å². The normalized spacial score (nSPS) is 10.2. The zero-order valence-electron chi connectivity index (χ0n) is 6.38. The molecule has 0 saturated carbocycles. The van der Waals surface area contributed by atoms with Crippen LogP contribution < -0.4 is 0 Å². The van der Waals surface area contributed by atoms with Crippen LogP contribution in [0.4, 0.5) is 0 Å². The van der Waals surface area contributed by atoms with E-state index in [-0.39, 0.29) is 11.6 Å². The molecular formula is C7H5N3O3. The molecule has 6 heteroatoms. The lowest BCUT2D eigenvalue weighted by atomic mass is 10.3. The van der Waals surface area contributed by atoms with Crippen molar-refractivity contribution in [2.45, 2.75) is 0 Å². The van der Waals surface area contributed by atoms with Gasteiger partial charge in [0.05, 0.1) is 6.20 Å². The minimum absolute atomic E-state index is 0.280. The Bertz CT molecular complexity index is 393. The Hall–Kier alpha value is -2.11. The van der Waals surface area contributed by atoms with E-state index < -0.39 is 6.01 Å². The fraction of sp³-hybridized carbons (Fsp3) is 0. The van der Waals surface area contributed by atoms with Gasteiger partial charge in [0.25, 0.3) is 0 Å². The van der Waals surface area contributed by atoms with Crippen molar-refractivity contribution < 1.29 is 14.6 Å². The monoisotopic (exact) mass is 179 g/mol. The first-order valence-electron chi connectivity index (χ1n) is 3.41. The standard InChI is InChI=1S/C7H5N3O3/c11-6-1-4(9-7(12)10-6)5-2-8-3-13-5/h1-3H,(H2,9,10,11,12). The number of rotatable bonds is 1. The molecule has 13 heavy (non-hydrogen) atoms. The number of nitrogens with zero attached hydrogens (tertiary/aromatic N) is 3. The van der Waals surface area contributed by atoms with Crippen LogP contribution in [0.1, 0.15) is 0 Å². The molecule has 0 unspecified atom stereocenters. The molecule has 2 aromatic heterocycles. The van der Waals surface area contributed by atoms with Crippen molar-refractivity contribution >= 4 is 0 Å². The second-order valence-corrected chi connectivity index (χ2v) is 2.28. The van der Waals surface area contributed by atoms with Crippen molar-refractivity contribution in [1.82, 2.24) is 15.0 Å². The molecule has 0 saturated heterocycles. The second-order valence-electron chi connectivity index (χ2n) is 2.28. The molecule has 0 fully saturated rings. The molecule has 0 aliphatic heterocycles. The van der Waals surface area contributed by atoms with Crippen molar-refractivity contribution in [3.05, 3.63) is 18.7 Å². The molecule has 0 aliphatic rings. The van der Waals surface area contributed by atoms with Gasteiger partial charge in [-0.05, 0) is 0 Å². The van der Waals surface area contributed by atoms with Gasteiger partial charge in [-0.3, -0.25) is 0 Å². The van der Waals surface area contributed by atoms with E-state index in [4.69, 9.17) is 14.6 Å². The Balaban J connectivity index is 2.53. The van der Waals surface area contributed by atoms with Crippen molar-refractivity contribution in [1.29, 1.82) is 0 Å². The van der Waals surface area contributed by atoms with Gasteiger partial charge in [-0.15, -0.1) is 0 Å². The average molecular weight is 179 g/mol. The zero-order valence-corrected chi connectivity index (χ0v) is 6.38. The van der Waals surface area contributed by atoms with Crippen LogP contribution in [0, 0.1) is 0 Å². The topological polar surface area (TPSA) is 92.3 Å². The fourth-order valence-electron chi connectivity index (χ4n) is 0.891. The summed E-state index contributed by atoms with van der Waals surface area (Å²) >= 11 is 0. The third-order valence-corrected chi connectivity index (χ3v) is 1.39. The molecule has 0 atom stereocenters. The molecule has 0 spiro atoms. The highest BCUT2D eigenvalue weighted by Crippen LogP contribution is 2.21. The molecule has 0 radical (unpaired) electrons. The minimum Gasteiger partial charge on any atom is -0.493 e. The summed E-state index contributed by atoms with van der Waals surface area (Å²) in [6.45, 7) is 0. The van der Waals surface area contributed by atoms with Crippen molar-refractivity contribution in [3.8, 4) is 23.3 Å². The molecule has 0 aliphatic carbocycles. The molecule has 0 aromatic carbocycles. The van der Waals surface area contributed by atoms with Crippen molar-refractivity contribution in [2.24, 2.45) is 0 Å². The van der Waals surface area contributed by atoms with E-state index in [0.29, 0.717) is 5.76 Å². The summed E-state index contributed by atoms with van der Waals surface area (Å²) in [7, 11) is 0. The van der Waals surface area contributed by atoms with Crippen molar-refractivity contribution in [3.63, 3.8) is 0 Å². The quantitative estimate of drug-likeness (QED) is 0.663. The summed E-state index contributed by atoms with van der Waals surface area (Å²) in [6, 6.07) is 0.756. The summed E-state index contributed by atoms with van der Waals surface area (Å²) in [6.07, 6.45) is 2.65. The molecule has 0 bridgehead atoms. The number of hydrogen-bond donors (Lipinski definition) is 2. The summed E-state index contributed by atoms with van der Waals surface area (Å²) in [4.78, 5) is 10.6. The number of aromatic nitrogens is 3. The van der Waals surface area contributed by atoms with Crippen LogP contribution in [0.2, 0.25) is 0 Å². The summed E-state index contributed by atoms with van der Waals surface area (Å²) < 4.78 is 4.91. The number of aromatic hydroxyl groups is 2. The van der Waals surface area contributed by atoms with Crippen LogP contribution in [0.3, 0.4) is 0 Å². The lowest BCUT2D eigenvalue weighted by Crippen LogP contribution is -1.85. The Morgan fingerprint density at radius 2 is 2.08 bits per heavy atom. The van der Waals surface area contributed by atoms with Gasteiger partial charge >= 0.3 is 6.01 Å². The highest BCUT2D eigenvalue weighted by Gasteiger charge is 2.07. The Morgan fingerprint density at radius 3 is 2.69 bits per heavy atom. The fourth-order valence-corrected chi connectivity index (χ4v) is 0.891. The van der Waals surface area contributed by atoms with Crippen molar-refractivity contribution in [2.75, 3.05) is 0 Å². The van der Waals surface area contributed by atoms with Gasteiger partial charge in [0.2, 0.25) is 5.88 Å². The Kier molecular flexibility index (Phi) is 1.59. The zero-order chi connectivity index (χ0) is 9.26. The number of oxazole rings is 1. The van der Waals surface area contributed by atoms with Crippen LogP contribution in [-0.2, 0) is 0 Å². The molecule has 2 heterocycles. The maximum absolute atomic E-state index is 9.02. The van der Waals surface area contributed by atoms with E-state index in [1.807, 2.05) is 0 Å². The van der Waals surface area contributed by atoms with Gasteiger partial charge < -0.3 is 14.6 Å². The Morgan fingerprint density at radius 1 is 1.23 bits per heavy atom. The third kappa shape index (κ3) is 1.41. The lowest BCUT2D eigenvalue weighted by molar-refractivity contribution is 0.397. The predicted molar refractivity (Wildman–Crippen MR) is 40.9 cm³/mol. The summed E-state index contributed by atoms with van der Waals surface area (Å²) in [5.41, 5.74) is 0.280. The van der Waals surface area contributed by atoms with Gasteiger partial charge in [0.15, 0.2) is 12.2 Å². The summed E-state index contributed by atoms with van der Waals surface area (Å²) in [5.74, 6) is 0.0342. The molecule has 2 N–H and O–H groups in total. The molecule has 6 nitrogen and oxygen atoms in total. The number of hydrogen-bond acceptors (Lipinski definition) is 6.